The number of carbonyl (C=O) groups is 1. The number of ether oxygens (including phenoxy) is 1. The molecule has 1 aromatic rings. The Morgan fingerprint density at radius 3 is 2.20 bits per heavy atom. The molecule has 2 fully saturated rings. The van der Waals surface area contributed by atoms with Crippen LogP contribution in [0.15, 0.2) is 24.3 Å². The van der Waals surface area contributed by atoms with E-state index in [1.807, 2.05) is 20.8 Å². The molecule has 1 aliphatic heterocycles. The number of carbonyl (C=O) groups excluding carboxylic acids is 1. The number of nitrogens with one attached hydrogen (secondary N) is 1. The molecular formula is C18H23F3N2O2. The average molecular weight is 356 g/mol. The van der Waals surface area contributed by atoms with Crippen molar-refractivity contribution in [3.63, 3.8) is 0 Å². The van der Waals surface area contributed by atoms with E-state index in [0.717, 1.165) is 30.8 Å². The Balaban J connectivity index is 1.45. The van der Waals surface area contributed by atoms with Crippen LogP contribution in [0.4, 0.5) is 18.0 Å². The van der Waals surface area contributed by atoms with Crippen LogP contribution >= 0.6 is 0 Å². The first-order valence-electron chi connectivity index (χ1n) is 8.41. The summed E-state index contributed by atoms with van der Waals surface area (Å²) < 4.78 is 43.0. The monoisotopic (exact) mass is 356 g/mol. The second-order valence-electron chi connectivity index (χ2n) is 7.89. The maximum Gasteiger partial charge on any atom is 0.416 e. The molecule has 138 valence electrons. The number of halogens is 3. The van der Waals surface area contributed by atoms with Gasteiger partial charge in [-0.2, -0.15) is 13.2 Å². The molecule has 0 bridgehead atoms. The highest BCUT2D eigenvalue weighted by molar-refractivity contribution is 5.68. The van der Waals surface area contributed by atoms with Crippen LogP contribution in [0.3, 0.4) is 0 Å². The standard InChI is InChI=1S/C18H23F3N2O2/c1-17(2,3)25-16(24)22-15-13-9-23(10-14(13)15)8-11-4-6-12(7-5-11)18(19,20)21/h4-7,13-15H,8-10H2,1-3H3,(H,22,24)/t13-,14?,15+/m0/s1. The van der Waals surface area contributed by atoms with Gasteiger partial charge in [0.1, 0.15) is 5.60 Å². The predicted octanol–water partition coefficient (Wildman–Crippen LogP) is 3.66. The Labute approximate surface area is 145 Å². The molecule has 0 aromatic heterocycles. The van der Waals surface area contributed by atoms with Crippen molar-refractivity contribution in [1.82, 2.24) is 10.2 Å². The maximum atomic E-state index is 12.6. The lowest BCUT2D eigenvalue weighted by atomic mass is 10.1. The zero-order valence-corrected chi connectivity index (χ0v) is 14.6. The van der Waals surface area contributed by atoms with Crippen molar-refractivity contribution in [2.75, 3.05) is 13.1 Å². The summed E-state index contributed by atoms with van der Waals surface area (Å²) in [5.41, 5.74) is -0.268. The summed E-state index contributed by atoms with van der Waals surface area (Å²) in [5, 5.41) is 2.91. The molecule has 1 aliphatic carbocycles. The molecule has 7 heteroatoms. The van der Waals surface area contributed by atoms with Gasteiger partial charge in [0, 0.05) is 25.7 Å². The molecule has 1 heterocycles. The fourth-order valence-electron chi connectivity index (χ4n) is 3.46. The van der Waals surface area contributed by atoms with Crippen molar-refractivity contribution < 1.29 is 22.7 Å². The molecule has 1 unspecified atom stereocenters. The zero-order chi connectivity index (χ0) is 18.4. The van der Waals surface area contributed by atoms with Gasteiger partial charge in [-0.15, -0.1) is 0 Å². The van der Waals surface area contributed by atoms with E-state index in [4.69, 9.17) is 4.74 Å². The number of benzene rings is 1. The summed E-state index contributed by atoms with van der Waals surface area (Å²) >= 11 is 0. The molecular weight excluding hydrogens is 333 g/mol. The van der Waals surface area contributed by atoms with E-state index in [1.54, 1.807) is 0 Å². The quantitative estimate of drug-likeness (QED) is 0.899. The van der Waals surface area contributed by atoms with Gasteiger partial charge < -0.3 is 10.1 Å². The normalized spacial score (nSPS) is 26.2. The van der Waals surface area contributed by atoms with Gasteiger partial charge >= 0.3 is 12.3 Å². The van der Waals surface area contributed by atoms with Crippen molar-refractivity contribution in [1.29, 1.82) is 0 Å². The lowest BCUT2D eigenvalue weighted by Crippen LogP contribution is -2.38. The Hall–Kier alpha value is -1.76. The number of hydrogen-bond acceptors (Lipinski definition) is 3. The topological polar surface area (TPSA) is 41.6 Å². The maximum absolute atomic E-state index is 12.6. The lowest BCUT2D eigenvalue weighted by Gasteiger charge is -2.22. The van der Waals surface area contributed by atoms with E-state index in [2.05, 4.69) is 10.2 Å². The van der Waals surface area contributed by atoms with E-state index in [9.17, 15) is 18.0 Å². The molecule has 4 nitrogen and oxygen atoms in total. The van der Waals surface area contributed by atoms with Crippen LogP contribution in [-0.4, -0.2) is 35.7 Å². The van der Waals surface area contributed by atoms with E-state index < -0.39 is 17.3 Å². The van der Waals surface area contributed by atoms with E-state index in [-0.39, 0.29) is 12.1 Å². The van der Waals surface area contributed by atoms with E-state index in [0.29, 0.717) is 18.4 Å². The highest BCUT2D eigenvalue weighted by atomic mass is 19.4. The average Bonchev–Trinajstić information content (AvgIpc) is 2.90. The van der Waals surface area contributed by atoms with Crippen LogP contribution in [0, 0.1) is 11.8 Å². The molecule has 1 saturated carbocycles. The Morgan fingerprint density at radius 2 is 1.72 bits per heavy atom. The van der Waals surface area contributed by atoms with Gasteiger partial charge in [-0.05, 0) is 50.3 Å². The minimum absolute atomic E-state index is 0.152. The minimum atomic E-state index is -4.30. The molecule has 25 heavy (non-hydrogen) atoms. The second-order valence-corrected chi connectivity index (χ2v) is 7.89. The smallest absolute Gasteiger partial charge is 0.416 e. The van der Waals surface area contributed by atoms with Crippen LogP contribution in [0.1, 0.15) is 31.9 Å². The molecule has 1 saturated heterocycles. The van der Waals surface area contributed by atoms with E-state index >= 15 is 0 Å². The lowest BCUT2D eigenvalue weighted by molar-refractivity contribution is -0.137. The van der Waals surface area contributed by atoms with Crippen molar-refractivity contribution in [2.45, 2.75) is 45.1 Å². The number of hydrogen-bond donors (Lipinski definition) is 1. The van der Waals surface area contributed by atoms with Gasteiger partial charge in [0.25, 0.3) is 0 Å². The molecule has 1 N–H and O–H groups in total. The molecule has 0 spiro atoms. The number of rotatable bonds is 3. The van der Waals surface area contributed by atoms with Crippen LogP contribution in [0.25, 0.3) is 0 Å². The summed E-state index contributed by atoms with van der Waals surface area (Å²) in [7, 11) is 0. The van der Waals surface area contributed by atoms with Gasteiger partial charge in [0.2, 0.25) is 0 Å². The summed E-state index contributed by atoms with van der Waals surface area (Å²) in [5.74, 6) is 0.809. The SMILES string of the molecule is CC(C)(C)OC(=O)N[C@H]1C2CN(Cc3ccc(C(F)(F)F)cc3)C[C@@H]21. The number of alkyl halides is 3. The first-order chi connectivity index (χ1) is 11.5. The Morgan fingerprint density at radius 1 is 1.16 bits per heavy atom. The largest absolute Gasteiger partial charge is 0.444 e. The van der Waals surface area contributed by atoms with Crippen LogP contribution in [0.5, 0.6) is 0 Å². The van der Waals surface area contributed by atoms with Gasteiger partial charge in [-0.1, -0.05) is 12.1 Å². The summed E-state index contributed by atoms with van der Waals surface area (Å²) in [6.45, 7) is 7.78. The van der Waals surface area contributed by atoms with Gasteiger partial charge in [-0.3, -0.25) is 4.90 Å². The first-order valence-corrected chi connectivity index (χ1v) is 8.41. The third-order valence-corrected chi connectivity index (χ3v) is 4.64. The summed E-state index contributed by atoms with van der Waals surface area (Å²) in [4.78, 5) is 14.0. The van der Waals surface area contributed by atoms with Crippen LogP contribution < -0.4 is 5.32 Å². The Kier molecular flexibility index (Phi) is 4.47. The minimum Gasteiger partial charge on any atom is -0.444 e. The number of amides is 1. The van der Waals surface area contributed by atoms with Crippen LogP contribution in [-0.2, 0) is 17.5 Å². The molecule has 3 rings (SSSR count). The molecule has 1 amide bonds. The first kappa shape index (κ1) is 18.0. The number of nitrogens with zero attached hydrogens (tertiary/aromatic N) is 1. The molecule has 3 atom stereocenters. The van der Waals surface area contributed by atoms with Crippen molar-refractivity contribution in [3.8, 4) is 0 Å². The molecule has 1 aromatic carbocycles. The predicted molar refractivity (Wildman–Crippen MR) is 86.9 cm³/mol. The second kappa shape index (κ2) is 6.20. The number of piperidine rings is 1. The summed E-state index contributed by atoms with van der Waals surface area (Å²) in [6.07, 6.45) is -4.69. The third-order valence-electron chi connectivity index (χ3n) is 4.64. The van der Waals surface area contributed by atoms with Crippen molar-refractivity contribution in [3.05, 3.63) is 35.4 Å². The number of fused-ring (bicyclic) bond motifs is 1. The molecule has 0 radical (unpaired) electrons. The number of alkyl carbamates (subject to hydrolysis) is 1. The number of likely N-dealkylation sites (tertiary alicyclic amines) is 1. The van der Waals surface area contributed by atoms with Crippen molar-refractivity contribution in [2.24, 2.45) is 11.8 Å². The fourth-order valence-corrected chi connectivity index (χ4v) is 3.46. The van der Waals surface area contributed by atoms with Gasteiger partial charge in [-0.25, -0.2) is 4.79 Å². The highest BCUT2D eigenvalue weighted by Crippen LogP contribution is 2.46. The third kappa shape index (κ3) is 4.45. The van der Waals surface area contributed by atoms with Crippen molar-refractivity contribution >= 4 is 6.09 Å². The molecule has 2 aliphatic rings. The van der Waals surface area contributed by atoms with Gasteiger partial charge in [0.15, 0.2) is 0 Å². The van der Waals surface area contributed by atoms with Gasteiger partial charge in [0.05, 0.1) is 5.56 Å². The van der Waals surface area contributed by atoms with E-state index in [1.165, 1.54) is 12.1 Å². The Bertz CT molecular complexity index is 625. The summed E-state index contributed by atoms with van der Waals surface area (Å²) in [6, 6.07) is 5.46. The highest BCUT2D eigenvalue weighted by Gasteiger charge is 2.56. The fraction of sp³-hybridized carbons (Fsp3) is 0.611. The zero-order valence-electron chi connectivity index (χ0n) is 14.6. The van der Waals surface area contributed by atoms with Crippen LogP contribution in [0.2, 0.25) is 0 Å².